The molecule has 2 heterocycles. The van der Waals surface area contributed by atoms with E-state index in [1.54, 1.807) is 19.3 Å². The Labute approximate surface area is 122 Å². The molecule has 0 aliphatic heterocycles. The Balaban J connectivity index is 1.99. The van der Waals surface area contributed by atoms with Gasteiger partial charge in [-0.1, -0.05) is 0 Å². The zero-order valence-corrected chi connectivity index (χ0v) is 12.0. The van der Waals surface area contributed by atoms with Gasteiger partial charge in [-0.3, -0.25) is 0 Å². The van der Waals surface area contributed by atoms with Crippen LogP contribution in [0.25, 0.3) is 0 Å². The smallest absolute Gasteiger partial charge is 0.340 e. The molecule has 2 aromatic rings. The number of ether oxygens (including phenoxy) is 1. The summed E-state index contributed by atoms with van der Waals surface area (Å²) in [5, 5.41) is 10.9. The number of aromatic nitrogens is 4. The summed E-state index contributed by atoms with van der Waals surface area (Å²) >= 11 is 0. The lowest BCUT2D eigenvalue weighted by molar-refractivity contribution is 0.0527. The third-order valence-electron chi connectivity index (χ3n) is 2.89. The molecule has 8 heteroatoms. The maximum absolute atomic E-state index is 11.7. The summed E-state index contributed by atoms with van der Waals surface area (Å²) in [6, 6.07) is 1.59. The molecule has 2 aromatic heterocycles. The van der Waals surface area contributed by atoms with Crippen molar-refractivity contribution in [2.24, 2.45) is 7.05 Å². The lowest BCUT2D eigenvalue weighted by Crippen LogP contribution is -2.12. The zero-order chi connectivity index (χ0) is 15.2. The van der Waals surface area contributed by atoms with Gasteiger partial charge in [-0.25, -0.2) is 9.78 Å². The molecule has 0 aliphatic rings. The SMILES string of the molecule is CCOC(=O)c1cc(NCCc2nncn2C)ncc1N. The molecule has 0 aromatic carbocycles. The predicted octanol–water partition coefficient (Wildman–Crippen LogP) is 0.624. The van der Waals surface area contributed by atoms with Crippen molar-refractivity contribution in [2.75, 3.05) is 24.2 Å². The number of rotatable bonds is 6. The molecular weight excluding hydrogens is 272 g/mol. The lowest BCUT2D eigenvalue weighted by Gasteiger charge is -2.09. The molecule has 0 fully saturated rings. The molecule has 0 unspecified atom stereocenters. The minimum Gasteiger partial charge on any atom is -0.462 e. The molecule has 3 N–H and O–H groups in total. The van der Waals surface area contributed by atoms with Crippen LogP contribution in [-0.4, -0.2) is 38.9 Å². The molecule has 0 saturated heterocycles. The fourth-order valence-corrected chi connectivity index (χ4v) is 1.78. The highest BCUT2D eigenvalue weighted by Gasteiger charge is 2.12. The summed E-state index contributed by atoms with van der Waals surface area (Å²) in [6.07, 6.45) is 3.78. The van der Waals surface area contributed by atoms with Crippen molar-refractivity contribution in [3.05, 3.63) is 30.0 Å². The minimum atomic E-state index is -0.450. The normalized spacial score (nSPS) is 10.4. The topological polar surface area (TPSA) is 108 Å². The van der Waals surface area contributed by atoms with Crippen molar-refractivity contribution in [1.82, 2.24) is 19.7 Å². The van der Waals surface area contributed by atoms with E-state index in [-0.39, 0.29) is 0 Å². The Morgan fingerprint density at radius 3 is 3.00 bits per heavy atom. The molecule has 0 saturated carbocycles. The van der Waals surface area contributed by atoms with Crippen molar-refractivity contribution in [3.8, 4) is 0 Å². The quantitative estimate of drug-likeness (QED) is 0.751. The lowest BCUT2D eigenvalue weighted by atomic mass is 10.2. The van der Waals surface area contributed by atoms with E-state index in [4.69, 9.17) is 10.5 Å². The van der Waals surface area contributed by atoms with Gasteiger partial charge >= 0.3 is 5.97 Å². The van der Waals surface area contributed by atoms with Crippen molar-refractivity contribution >= 4 is 17.5 Å². The number of hydrogen-bond donors (Lipinski definition) is 2. The van der Waals surface area contributed by atoms with Crippen LogP contribution in [0.3, 0.4) is 0 Å². The summed E-state index contributed by atoms with van der Waals surface area (Å²) in [4.78, 5) is 15.9. The Kier molecular flexibility index (Phi) is 4.70. The fraction of sp³-hybridized carbons (Fsp3) is 0.385. The molecule has 112 valence electrons. The number of anilines is 2. The molecule has 0 amide bonds. The maximum atomic E-state index is 11.7. The second-order valence-corrected chi connectivity index (χ2v) is 4.41. The number of carbonyl (C=O) groups is 1. The Hall–Kier alpha value is -2.64. The molecule has 8 nitrogen and oxygen atoms in total. The second-order valence-electron chi connectivity index (χ2n) is 4.41. The van der Waals surface area contributed by atoms with E-state index in [9.17, 15) is 4.79 Å². The number of pyridine rings is 1. The summed E-state index contributed by atoms with van der Waals surface area (Å²) in [7, 11) is 1.88. The number of aryl methyl sites for hydroxylation is 1. The van der Waals surface area contributed by atoms with Gasteiger partial charge in [-0.2, -0.15) is 0 Å². The fourth-order valence-electron chi connectivity index (χ4n) is 1.78. The maximum Gasteiger partial charge on any atom is 0.340 e. The van der Waals surface area contributed by atoms with Crippen molar-refractivity contribution < 1.29 is 9.53 Å². The third-order valence-corrected chi connectivity index (χ3v) is 2.89. The highest BCUT2D eigenvalue weighted by molar-refractivity contribution is 5.95. The van der Waals surface area contributed by atoms with Crippen LogP contribution < -0.4 is 11.1 Å². The Morgan fingerprint density at radius 2 is 2.33 bits per heavy atom. The van der Waals surface area contributed by atoms with E-state index in [0.717, 1.165) is 5.82 Å². The monoisotopic (exact) mass is 290 g/mol. The van der Waals surface area contributed by atoms with Gasteiger partial charge in [-0.05, 0) is 13.0 Å². The van der Waals surface area contributed by atoms with Crippen LogP contribution in [0.4, 0.5) is 11.5 Å². The van der Waals surface area contributed by atoms with Gasteiger partial charge in [-0.15, -0.1) is 10.2 Å². The molecule has 0 atom stereocenters. The molecule has 0 bridgehead atoms. The third kappa shape index (κ3) is 3.68. The molecule has 0 radical (unpaired) electrons. The number of carbonyl (C=O) groups excluding carboxylic acids is 1. The first-order valence-corrected chi connectivity index (χ1v) is 6.61. The average Bonchev–Trinajstić information content (AvgIpc) is 2.86. The number of esters is 1. The summed E-state index contributed by atoms with van der Waals surface area (Å²) in [6.45, 7) is 2.66. The van der Waals surface area contributed by atoms with E-state index < -0.39 is 5.97 Å². The first-order chi connectivity index (χ1) is 10.1. The number of nitrogen functional groups attached to an aromatic ring is 1. The van der Waals surface area contributed by atoms with Crippen LogP contribution in [0, 0.1) is 0 Å². The van der Waals surface area contributed by atoms with Gasteiger partial charge in [0.2, 0.25) is 0 Å². The summed E-state index contributed by atoms with van der Waals surface area (Å²) < 4.78 is 6.80. The molecular formula is C13H18N6O2. The van der Waals surface area contributed by atoms with Gasteiger partial charge in [0.1, 0.15) is 18.0 Å². The van der Waals surface area contributed by atoms with Gasteiger partial charge in [0.05, 0.1) is 24.1 Å². The summed E-state index contributed by atoms with van der Waals surface area (Å²) in [5.41, 5.74) is 6.35. The first-order valence-electron chi connectivity index (χ1n) is 6.61. The number of hydrogen-bond acceptors (Lipinski definition) is 7. The van der Waals surface area contributed by atoms with Gasteiger partial charge in [0, 0.05) is 20.0 Å². The van der Waals surface area contributed by atoms with Crippen LogP contribution >= 0.6 is 0 Å². The van der Waals surface area contributed by atoms with E-state index in [0.29, 0.717) is 36.6 Å². The van der Waals surface area contributed by atoms with Crippen molar-refractivity contribution in [2.45, 2.75) is 13.3 Å². The molecule has 0 spiro atoms. The minimum absolute atomic E-state index is 0.298. The average molecular weight is 290 g/mol. The van der Waals surface area contributed by atoms with E-state index in [2.05, 4.69) is 20.5 Å². The summed E-state index contributed by atoms with van der Waals surface area (Å²) in [5.74, 6) is 0.978. The van der Waals surface area contributed by atoms with E-state index in [1.807, 2.05) is 11.6 Å². The van der Waals surface area contributed by atoms with Crippen LogP contribution in [0.15, 0.2) is 18.6 Å². The first kappa shape index (κ1) is 14.8. The molecule has 2 rings (SSSR count). The molecule has 21 heavy (non-hydrogen) atoms. The second kappa shape index (κ2) is 6.69. The predicted molar refractivity (Wildman–Crippen MR) is 77.8 cm³/mol. The van der Waals surface area contributed by atoms with Crippen molar-refractivity contribution in [1.29, 1.82) is 0 Å². The van der Waals surface area contributed by atoms with Crippen molar-refractivity contribution in [3.63, 3.8) is 0 Å². The highest BCUT2D eigenvalue weighted by Crippen LogP contribution is 2.16. The van der Waals surface area contributed by atoms with Gasteiger partial charge in [0.25, 0.3) is 0 Å². The number of nitrogens with zero attached hydrogens (tertiary/aromatic N) is 4. The van der Waals surface area contributed by atoms with Crippen LogP contribution in [0.2, 0.25) is 0 Å². The molecule has 0 aliphatic carbocycles. The number of nitrogens with two attached hydrogens (primary N) is 1. The van der Waals surface area contributed by atoms with E-state index >= 15 is 0 Å². The Bertz CT molecular complexity index is 625. The van der Waals surface area contributed by atoms with E-state index in [1.165, 1.54) is 6.20 Å². The largest absolute Gasteiger partial charge is 0.462 e. The van der Waals surface area contributed by atoms with Crippen LogP contribution in [0.5, 0.6) is 0 Å². The van der Waals surface area contributed by atoms with Crippen LogP contribution in [0.1, 0.15) is 23.1 Å². The number of nitrogens with one attached hydrogen (secondary N) is 1. The zero-order valence-electron chi connectivity index (χ0n) is 12.0. The van der Waals surface area contributed by atoms with Gasteiger partial charge in [0.15, 0.2) is 0 Å². The standard InChI is InChI=1S/C13H18N6O2/c1-3-21-13(20)9-6-11(16-7-10(9)14)15-5-4-12-18-17-8-19(12)2/h6-8H,3-5,14H2,1-2H3,(H,15,16). The highest BCUT2D eigenvalue weighted by atomic mass is 16.5. The van der Waals surface area contributed by atoms with Crippen LogP contribution in [-0.2, 0) is 18.2 Å². The van der Waals surface area contributed by atoms with Gasteiger partial charge < -0.3 is 20.4 Å². The Morgan fingerprint density at radius 1 is 1.52 bits per heavy atom.